The summed E-state index contributed by atoms with van der Waals surface area (Å²) in [4.78, 5) is 25.5. The lowest BCUT2D eigenvalue weighted by Gasteiger charge is -2.23. The number of carbonyl (C=O) groups is 1. The number of ether oxygens (including phenoxy) is 1. The molecule has 1 aliphatic heterocycles. The molecular formula is C17H20N2O3S. The van der Waals surface area contributed by atoms with Crippen molar-refractivity contribution in [2.75, 3.05) is 6.61 Å². The molecule has 3 rings (SSSR count). The van der Waals surface area contributed by atoms with Crippen LogP contribution >= 0.6 is 11.8 Å². The van der Waals surface area contributed by atoms with Crippen LogP contribution in [0.2, 0.25) is 0 Å². The minimum absolute atomic E-state index is 0.197. The van der Waals surface area contributed by atoms with Crippen LogP contribution in [0.3, 0.4) is 0 Å². The van der Waals surface area contributed by atoms with Crippen LogP contribution in [0.5, 0.6) is 5.75 Å². The zero-order chi connectivity index (χ0) is 16.6. The van der Waals surface area contributed by atoms with Crippen LogP contribution in [0.4, 0.5) is 0 Å². The summed E-state index contributed by atoms with van der Waals surface area (Å²) >= 11 is 1.12. The van der Waals surface area contributed by atoms with Crippen molar-refractivity contribution in [2.45, 2.75) is 45.1 Å². The Bertz CT molecular complexity index is 820. The van der Waals surface area contributed by atoms with Crippen LogP contribution < -0.4 is 10.3 Å². The van der Waals surface area contributed by atoms with Crippen molar-refractivity contribution in [1.82, 2.24) is 9.78 Å². The number of benzene rings is 1. The topological polar surface area (TPSA) is 64.1 Å². The largest absolute Gasteiger partial charge is 0.493 e. The smallest absolute Gasteiger partial charge is 0.278 e. The molecule has 1 aliphatic rings. The summed E-state index contributed by atoms with van der Waals surface area (Å²) in [5.74, 6) is 0.959. The molecule has 0 saturated carbocycles. The molecule has 0 spiro atoms. The lowest BCUT2D eigenvalue weighted by Crippen LogP contribution is -2.19. The van der Waals surface area contributed by atoms with Crippen molar-refractivity contribution in [2.24, 2.45) is 0 Å². The van der Waals surface area contributed by atoms with Gasteiger partial charge in [0.25, 0.3) is 5.56 Å². The van der Waals surface area contributed by atoms with Gasteiger partial charge in [-0.05, 0) is 68.1 Å². The van der Waals surface area contributed by atoms with Gasteiger partial charge in [0.2, 0.25) is 5.12 Å². The summed E-state index contributed by atoms with van der Waals surface area (Å²) in [6, 6.07) is 1.98. The van der Waals surface area contributed by atoms with Gasteiger partial charge in [-0.25, -0.2) is 0 Å². The maximum atomic E-state index is 12.5. The van der Waals surface area contributed by atoms with Crippen LogP contribution in [0.1, 0.15) is 40.4 Å². The van der Waals surface area contributed by atoms with Gasteiger partial charge in [-0.3, -0.25) is 14.3 Å². The predicted molar refractivity (Wildman–Crippen MR) is 90.6 cm³/mol. The molecule has 5 nitrogen and oxygen atoms in total. The average Bonchev–Trinajstić information content (AvgIpc) is 2.93. The first-order valence-corrected chi connectivity index (χ1v) is 8.60. The van der Waals surface area contributed by atoms with Crippen molar-refractivity contribution in [3.05, 3.63) is 44.9 Å². The van der Waals surface area contributed by atoms with E-state index in [1.165, 1.54) is 16.4 Å². The molecule has 0 aliphatic carbocycles. The van der Waals surface area contributed by atoms with E-state index >= 15 is 0 Å². The number of nitrogens with one attached hydrogen (secondary N) is 1. The van der Waals surface area contributed by atoms with E-state index in [2.05, 4.69) is 5.10 Å². The Kier molecular flexibility index (Phi) is 4.35. The molecule has 1 aromatic carbocycles. The molecule has 0 radical (unpaired) electrons. The molecule has 0 atom stereocenters. The number of nitrogens with zero attached hydrogens (tertiary/aromatic N) is 1. The first kappa shape index (κ1) is 15.9. The third kappa shape index (κ3) is 2.83. The Balaban J connectivity index is 1.94. The molecule has 2 heterocycles. The maximum Gasteiger partial charge on any atom is 0.278 e. The molecule has 1 N–H and O–H groups in total. The van der Waals surface area contributed by atoms with E-state index in [1.54, 1.807) is 0 Å². The number of aromatic nitrogens is 2. The van der Waals surface area contributed by atoms with Gasteiger partial charge in [0, 0.05) is 17.6 Å². The highest BCUT2D eigenvalue weighted by molar-refractivity contribution is 8.14. The minimum Gasteiger partial charge on any atom is -0.493 e. The normalized spacial score (nSPS) is 13.5. The zero-order valence-corrected chi connectivity index (χ0v) is 14.4. The van der Waals surface area contributed by atoms with E-state index in [0.29, 0.717) is 6.54 Å². The van der Waals surface area contributed by atoms with E-state index in [9.17, 15) is 9.59 Å². The number of rotatable bonds is 3. The van der Waals surface area contributed by atoms with Gasteiger partial charge >= 0.3 is 0 Å². The second kappa shape index (κ2) is 6.28. The molecule has 0 unspecified atom stereocenters. The van der Waals surface area contributed by atoms with Crippen LogP contribution in [0, 0.1) is 13.8 Å². The monoisotopic (exact) mass is 332 g/mol. The van der Waals surface area contributed by atoms with E-state index < -0.39 is 0 Å². The number of thioether (sulfide) groups is 1. The lowest BCUT2D eigenvalue weighted by atomic mass is 9.98. The summed E-state index contributed by atoms with van der Waals surface area (Å²) in [6.07, 6.45) is 3.45. The number of fused-ring (bicyclic) bond motifs is 1. The second-order valence-electron chi connectivity index (χ2n) is 5.70. The van der Waals surface area contributed by atoms with Crippen molar-refractivity contribution < 1.29 is 9.53 Å². The summed E-state index contributed by atoms with van der Waals surface area (Å²) in [5, 5.41) is 2.59. The molecule has 0 amide bonds. The Hall–Kier alpha value is -1.95. The summed E-state index contributed by atoms with van der Waals surface area (Å²) < 4.78 is 7.19. The molecule has 6 heteroatoms. The maximum absolute atomic E-state index is 12.5. The van der Waals surface area contributed by atoms with Crippen LogP contribution in [-0.2, 0) is 13.0 Å². The van der Waals surface area contributed by atoms with Crippen molar-refractivity contribution >= 4 is 16.9 Å². The van der Waals surface area contributed by atoms with E-state index in [-0.39, 0.29) is 16.2 Å². The second-order valence-corrected chi connectivity index (χ2v) is 6.72. The fraction of sp³-hybridized carbons (Fsp3) is 0.412. The first-order valence-electron chi connectivity index (χ1n) is 7.79. The Morgan fingerprint density at radius 2 is 2.22 bits per heavy atom. The summed E-state index contributed by atoms with van der Waals surface area (Å²) in [7, 11) is 0. The highest BCUT2D eigenvalue weighted by Crippen LogP contribution is 2.37. The lowest BCUT2D eigenvalue weighted by molar-refractivity contribution is 0.108. The molecular weight excluding hydrogens is 312 g/mol. The van der Waals surface area contributed by atoms with Gasteiger partial charge in [-0.2, -0.15) is 0 Å². The molecule has 0 fully saturated rings. The van der Waals surface area contributed by atoms with Gasteiger partial charge in [-0.1, -0.05) is 0 Å². The molecule has 0 bridgehead atoms. The first-order chi connectivity index (χ1) is 11.0. The number of aromatic amines is 1. The van der Waals surface area contributed by atoms with Crippen LogP contribution in [-0.4, -0.2) is 21.5 Å². The third-order valence-electron chi connectivity index (χ3n) is 4.20. The average molecular weight is 332 g/mol. The fourth-order valence-corrected chi connectivity index (χ4v) is 3.87. The van der Waals surface area contributed by atoms with Gasteiger partial charge < -0.3 is 9.84 Å². The highest BCUT2D eigenvalue weighted by Gasteiger charge is 2.21. The quantitative estimate of drug-likeness (QED) is 0.878. The van der Waals surface area contributed by atoms with Crippen molar-refractivity contribution in [3.8, 4) is 5.75 Å². The van der Waals surface area contributed by atoms with Crippen LogP contribution in [0.25, 0.3) is 0 Å². The molecule has 23 heavy (non-hydrogen) atoms. The number of aryl methyl sites for hydroxylation is 2. The standard InChI is InChI=1S/C17H20N2O3S/c1-4-19-16(20)13(9-18-19)17(21)23-14-8-10(2)15-12(11(14)3)6-5-7-22-15/h8-9,18H,4-7H2,1-3H3. The SMILES string of the molecule is CCn1[nH]cc(C(=O)Sc2cc(C)c3c(c2C)CCCO3)c1=O. The number of hydrogen-bond donors (Lipinski definition) is 1. The van der Waals surface area contributed by atoms with E-state index in [1.807, 2.05) is 26.8 Å². The highest BCUT2D eigenvalue weighted by atomic mass is 32.2. The Labute approximate surface area is 139 Å². The summed E-state index contributed by atoms with van der Waals surface area (Å²) in [5.41, 5.74) is 3.24. The number of hydrogen-bond acceptors (Lipinski definition) is 4. The van der Waals surface area contributed by atoms with Gasteiger partial charge in [0.15, 0.2) is 0 Å². The van der Waals surface area contributed by atoms with Gasteiger partial charge in [0.1, 0.15) is 11.3 Å². The number of carbonyl (C=O) groups excluding carboxylic acids is 1. The van der Waals surface area contributed by atoms with Crippen molar-refractivity contribution in [3.63, 3.8) is 0 Å². The molecule has 2 aromatic rings. The molecule has 1 aromatic heterocycles. The molecule has 122 valence electrons. The van der Waals surface area contributed by atoms with E-state index in [4.69, 9.17) is 4.74 Å². The van der Waals surface area contributed by atoms with Crippen LogP contribution in [0.15, 0.2) is 22.0 Å². The third-order valence-corrected chi connectivity index (χ3v) is 5.25. The number of H-pyrrole nitrogens is 1. The van der Waals surface area contributed by atoms with Crippen molar-refractivity contribution in [1.29, 1.82) is 0 Å². The Morgan fingerprint density at radius 3 is 2.91 bits per heavy atom. The Morgan fingerprint density at radius 1 is 1.43 bits per heavy atom. The molecule has 0 saturated heterocycles. The minimum atomic E-state index is -0.263. The fourth-order valence-electron chi connectivity index (χ4n) is 2.90. The zero-order valence-electron chi connectivity index (χ0n) is 13.6. The van der Waals surface area contributed by atoms with Gasteiger partial charge in [-0.15, -0.1) is 0 Å². The van der Waals surface area contributed by atoms with E-state index in [0.717, 1.165) is 53.0 Å². The van der Waals surface area contributed by atoms with Gasteiger partial charge in [0.05, 0.1) is 6.61 Å². The predicted octanol–water partition coefficient (Wildman–Crippen LogP) is 3.07. The summed E-state index contributed by atoms with van der Waals surface area (Å²) in [6.45, 7) is 7.14.